The number of hydrogen-bond acceptors (Lipinski definition) is 4. The van der Waals surface area contributed by atoms with E-state index in [1.807, 2.05) is 50.4 Å². The molecule has 0 radical (unpaired) electrons. The van der Waals surface area contributed by atoms with Crippen LogP contribution in [-0.2, 0) is 16.0 Å². The Labute approximate surface area is 147 Å². The first-order valence-electron chi connectivity index (χ1n) is 7.96. The normalized spacial score (nSPS) is 13.4. The van der Waals surface area contributed by atoms with Gasteiger partial charge in [0.1, 0.15) is 12.1 Å². The van der Waals surface area contributed by atoms with E-state index in [-0.39, 0.29) is 18.2 Å². The number of carbonyl (C=O) groups excluding carboxylic acids is 2. The SMILES string of the molecule is CSCCNC(=O)[C@@H](NC(=O)C(Cc1ccccc1)NF)C(C)C. The maximum Gasteiger partial charge on any atom is 0.242 e. The van der Waals surface area contributed by atoms with Crippen LogP contribution in [0.5, 0.6) is 0 Å². The molecule has 0 aliphatic rings. The van der Waals surface area contributed by atoms with Crippen molar-refractivity contribution in [2.24, 2.45) is 5.92 Å². The van der Waals surface area contributed by atoms with Crippen LogP contribution in [0.4, 0.5) is 4.48 Å². The van der Waals surface area contributed by atoms with Gasteiger partial charge in [-0.25, -0.2) is 0 Å². The van der Waals surface area contributed by atoms with Crippen LogP contribution < -0.4 is 16.2 Å². The molecular formula is C17H26FN3O2S. The van der Waals surface area contributed by atoms with E-state index in [2.05, 4.69) is 10.6 Å². The average Bonchev–Trinajstić information content (AvgIpc) is 2.58. The minimum absolute atomic E-state index is 0.0970. The summed E-state index contributed by atoms with van der Waals surface area (Å²) in [5.41, 5.74) is 2.38. The van der Waals surface area contributed by atoms with Crippen LogP contribution in [0.2, 0.25) is 0 Å². The number of halogens is 1. The van der Waals surface area contributed by atoms with Crippen LogP contribution in [0.15, 0.2) is 30.3 Å². The topological polar surface area (TPSA) is 70.2 Å². The zero-order valence-corrected chi connectivity index (χ0v) is 15.2. The number of carbonyl (C=O) groups is 2. The number of benzene rings is 1. The molecule has 1 rings (SSSR count). The van der Waals surface area contributed by atoms with Gasteiger partial charge < -0.3 is 10.6 Å². The molecule has 0 fully saturated rings. The van der Waals surface area contributed by atoms with Gasteiger partial charge >= 0.3 is 0 Å². The van der Waals surface area contributed by atoms with Crippen LogP contribution in [-0.4, -0.2) is 42.5 Å². The first-order valence-corrected chi connectivity index (χ1v) is 9.36. The van der Waals surface area contributed by atoms with Crippen molar-refractivity contribution in [3.05, 3.63) is 35.9 Å². The molecule has 0 aliphatic carbocycles. The maximum atomic E-state index is 13.1. The minimum Gasteiger partial charge on any atom is -0.353 e. The molecule has 24 heavy (non-hydrogen) atoms. The maximum absolute atomic E-state index is 13.1. The van der Waals surface area contributed by atoms with Crippen molar-refractivity contribution in [1.29, 1.82) is 0 Å². The number of hydrogen-bond donors (Lipinski definition) is 3. The summed E-state index contributed by atoms with van der Waals surface area (Å²) in [5.74, 6) is -0.0716. The quantitative estimate of drug-likeness (QED) is 0.441. The Hall–Kier alpha value is -1.60. The Morgan fingerprint density at radius 2 is 1.83 bits per heavy atom. The summed E-state index contributed by atoms with van der Waals surface area (Å²) in [6, 6.07) is 7.45. The fourth-order valence-corrected chi connectivity index (χ4v) is 2.51. The second kappa shape index (κ2) is 11.0. The Balaban J connectivity index is 2.66. The molecule has 0 aromatic heterocycles. The van der Waals surface area contributed by atoms with Gasteiger partial charge in [-0.05, 0) is 24.2 Å². The van der Waals surface area contributed by atoms with E-state index in [0.29, 0.717) is 6.54 Å². The van der Waals surface area contributed by atoms with Crippen molar-refractivity contribution < 1.29 is 14.1 Å². The van der Waals surface area contributed by atoms with Gasteiger partial charge in [0.25, 0.3) is 0 Å². The lowest BCUT2D eigenvalue weighted by Crippen LogP contribution is -2.54. The van der Waals surface area contributed by atoms with Crippen LogP contribution in [0.3, 0.4) is 0 Å². The summed E-state index contributed by atoms with van der Waals surface area (Å²) >= 11 is 1.63. The Kier molecular flexibility index (Phi) is 9.41. The Morgan fingerprint density at radius 1 is 1.17 bits per heavy atom. The van der Waals surface area contributed by atoms with Crippen LogP contribution >= 0.6 is 11.8 Å². The number of amides is 2. The van der Waals surface area contributed by atoms with Crippen LogP contribution in [0.25, 0.3) is 0 Å². The molecule has 0 saturated carbocycles. The molecule has 0 aliphatic heterocycles. The van der Waals surface area contributed by atoms with Gasteiger partial charge in [0.15, 0.2) is 0 Å². The molecule has 134 valence electrons. The molecule has 1 aromatic carbocycles. The van der Waals surface area contributed by atoms with E-state index in [1.165, 1.54) is 5.54 Å². The molecule has 3 N–H and O–H groups in total. The van der Waals surface area contributed by atoms with Gasteiger partial charge in [-0.15, -0.1) is 10.0 Å². The standard InChI is InChI=1S/C17H26FN3O2S/c1-12(2)15(17(23)19-9-10-24-3)20-16(22)14(21-18)11-13-7-5-4-6-8-13/h4-8,12,14-15,21H,9-11H2,1-3H3,(H,19,23)(H,20,22)/t14?,15-/m0/s1. The Bertz CT molecular complexity index is 514. The fourth-order valence-electron chi connectivity index (χ4n) is 2.21. The summed E-state index contributed by atoms with van der Waals surface area (Å²) in [4.78, 5) is 24.5. The third-order valence-electron chi connectivity index (χ3n) is 3.58. The molecule has 7 heteroatoms. The van der Waals surface area contributed by atoms with Gasteiger partial charge in [-0.3, -0.25) is 9.59 Å². The first kappa shape index (κ1) is 20.4. The lowest BCUT2D eigenvalue weighted by Gasteiger charge is -2.24. The van der Waals surface area contributed by atoms with E-state index < -0.39 is 18.0 Å². The Morgan fingerprint density at radius 3 is 2.38 bits per heavy atom. The fraction of sp³-hybridized carbons (Fsp3) is 0.529. The van der Waals surface area contributed by atoms with Gasteiger partial charge in [-0.1, -0.05) is 44.2 Å². The molecule has 5 nitrogen and oxygen atoms in total. The van der Waals surface area contributed by atoms with E-state index in [4.69, 9.17) is 0 Å². The predicted octanol–water partition coefficient (Wildman–Crippen LogP) is 1.69. The lowest BCUT2D eigenvalue weighted by atomic mass is 10.0. The van der Waals surface area contributed by atoms with Crippen molar-refractivity contribution in [3.63, 3.8) is 0 Å². The molecular weight excluding hydrogens is 329 g/mol. The molecule has 0 spiro atoms. The van der Waals surface area contributed by atoms with Crippen molar-refractivity contribution in [2.75, 3.05) is 18.6 Å². The number of nitrogens with one attached hydrogen (secondary N) is 3. The summed E-state index contributed by atoms with van der Waals surface area (Å²) in [7, 11) is 0. The second-order valence-electron chi connectivity index (χ2n) is 5.87. The van der Waals surface area contributed by atoms with Crippen LogP contribution in [0, 0.1) is 5.92 Å². The summed E-state index contributed by atoms with van der Waals surface area (Å²) < 4.78 is 13.1. The largest absolute Gasteiger partial charge is 0.353 e. The van der Waals surface area contributed by atoms with Gasteiger partial charge in [0.05, 0.1) is 0 Å². The second-order valence-corrected chi connectivity index (χ2v) is 6.85. The molecule has 0 saturated heterocycles. The monoisotopic (exact) mass is 355 g/mol. The summed E-state index contributed by atoms with van der Waals surface area (Å²) in [6.45, 7) is 4.22. The zero-order valence-electron chi connectivity index (χ0n) is 14.3. The summed E-state index contributed by atoms with van der Waals surface area (Å²) in [5, 5.41) is 5.44. The third kappa shape index (κ3) is 6.88. The van der Waals surface area contributed by atoms with Crippen molar-refractivity contribution in [2.45, 2.75) is 32.4 Å². The van der Waals surface area contributed by atoms with Crippen molar-refractivity contribution >= 4 is 23.6 Å². The van der Waals surface area contributed by atoms with Gasteiger partial charge in [-0.2, -0.15) is 11.8 Å². The molecule has 0 heterocycles. The lowest BCUT2D eigenvalue weighted by molar-refractivity contribution is -0.131. The molecule has 1 aromatic rings. The van der Waals surface area contributed by atoms with E-state index in [1.54, 1.807) is 11.8 Å². The number of thioether (sulfide) groups is 1. The first-order chi connectivity index (χ1) is 11.5. The highest BCUT2D eigenvalue weighted by molar-refractivity contribution is 7.98. The minimum atomic E-state index is -1.03. The highest BCUT2D eigenvalue weighted by Gasteiger charge is 2.27. The van der Waals surface area contributed by atoms with E-state index in [9.17, 15) is 14.1 Å². The predicted molar refractivity (Wildman–Crippen MR) is 96.3 cm³/mol. The van der Waals surface area contributed by atoms with E-state index in [0.717, 1.165) is 11.3 Å². The molecule has 2 amide bonds. The van der Waals surface area contributed by atoms with Crippen molar-refractivity contribution in [1.82, 2.24) is 16.2 Å². The highest BCUT2D eigenvalue weighted by atomic mass is 32.2. The van der Waals surface area contributed by atoms with Gasteiger partial charge in [0, 0.05) is 12.3 Å². The molecule has 0 bridgehead atoms. The molecule has 1 unspecified atom stereocenters. The number of rotatable bonds is 10. The average molecular weight is 355 g/mol. The third-order valence-corrected chi connectivity index (χ3v) is 4.20. The zero-order chi connectivity index (χ0) is 17.9. The highest BCUT2D eigenvalue weighted by Crippen LogP contribution is 2.07. The molecule has 2 atom stereocenters. The van der Waals surface area contributed by atoms with Gasteiger partial charge in [0.2, 0.25) is 11.8 Å². The smallest absolute Gasteiger partial charge is 0.242 e. The van der Waals surface area contributed by atoms with E-state index >= 15 is 0 Å². The summed E-state index contributed by atoms with van der Waals surface area (Å²) in [6.07, 6.45) is 2.16. The van der Waals surface area contributed by atoms with Crippen molar-refractivity contribution in [3.8, 4) is 0 Å². The van der Waals surface area contributed by atoms with Crippen LogP contribution in [0.1, 0.15) is 19.4 Å².